The first-order chi connectivity index (χ1) is 7.47. The summed E-state index contributed by atoms with van der Waals surface area (Å²) in [6.07, 6.45) is 2.46. The molecule has 0 bridgehead atoms. The molecule has 0 amide bonds. The van der Waals surface area contributed by atoms with Crippen molar-refractivity contribution in [3.63, 3.8) is 0 Å². The molecule has 0 saturated heterocycles. The van der Waals surface area contributed by atoms with Crippen molar-refractivity contribution in [2.45, 2.75) is 51.2 Å². The molecule has 0 heterocycles. The van der Waals surface area contributed by atoms with Crippen LogP contribution in [0.1, 0.15) is 36.0 Å². The lowest BCUT2D eigenvalue weighted by Crippen LogP contribution is -2.25. The third kappa shape index (κ3) is 2.62. The van der Waals surface area contributed by atoms with Gasteiger partial charge in [0.05, 0.1) is 0 Å². The molecule has 2 N–H and O–H groups in total. The maximum Gasteiger partial charge on any atom is 0.116 e. The molecule has 1 aromatic rings. The lowest BCUT2D eigenvalue weighted by molar-refractivity contribution is 0.170. The first kappa shape index (κ1) is 11.6. The van der Waals surface area contributed by atoms with Crippen molar-refractivity contribution < 1.29 is 4.39 Å². The van der Waals surface area contributed by atoms with Crippen LogP contribution in [-0.2, 0) is 6.42 Å². The van der Waals surface area contributed by atoms with Crippen molar-refractivity contribution in [3.8, 4) is 0 Å². The van der Waals surface area contributed by atoms with E-state index in [1.54, 1.807) is 0 Å². The topological polar surface area (TPSA) is 26.0 Å². The van der Waals surface area contributed by atoms with E-state index in [2.05, 4.69) is 32.0 Å². The molecule has 1 nitrogen and oxygen atoms in total. The van der Waals surface area contributed by atoms with Gasteiger partial charge in [-0.1, -0.05) is 29.3 Å². The molecule has 88 valence electrons. The molecule has 2 heteroatoms. The molecule has 1 fully saturated rings. The van der Waals surface area contributed by atoms with Crippen molar-refractivity contribution in [1.82, 2.24) is 0 Å². The molecule has 0 aromatic heterocycles. The van der Waals surface area contributed by atoms with E-state index in [0.717, 1.165) is 12.0 Å². The zero-order chi connectivity index (χ0) is 11.8. The van der Waals surface area contributed by atoms with Crippen LogP contribution in [0.4, 0.5) is 4.39 Å². The van der Waals surface area contributed by atoms with Crippen LogP contribution in [-0.4, -0.2) is 11.7 Å². The Bertz CT molecular complexity index is 368. The number of aryl methyl sites for hydroxylation is 2. The second kappa shape index (κ2) is 4.17. The third-order valence-corrected chi connectivity index (χ3v) is 3.39. The van der Waals surface area contributed by atoms with Crippen LogP contribution < -0.4 is 5.73 Å². The van der Waals surface area contributed by atoms with E-state index in [1.165, 1.54) is 11.1 Å². The van der Waals surface area contributed by atoms with Crippen LogP contribution in [0.3, 0.4) is 0 Å². The standard InChI is InChI=1S/C14H20FN/c1-10-5-11(2)7-12(6-10)8-14(15)4-3-13(16)9-14/h5-7,13H,3-4,8-9,16H2,1-2H3. The van der Waals surface area contributed by atoms with Crippen molar-refractivity contribution in [1.29, 1.82) is 0 Å². The van der Waals surface area contributed by atoms with Crippen LogP contribution in [0.5, 0.6) is 0 Å². The molecule has 0 spiro atoms. The number of alkyl halides is 1. The fraction of sp³-hybridized carbons (Fsp3) is 0.571. The van der Waals surface area contributed by atoms with Gasteiger partial charge in [-0.3, -0.25) is 0 Å². The van der Waals surface area contributed by atoms with Gasteiger partial charge in [-0.15, -0.1) is 0 Å². The summed E-state index contributed by atoms with van der Waals surface area (Å²) in [5, 5.41) is 0. The van der Waals surface area contributed by atoms with Crippen LogP contribution in [0.15, 0.2) is 18.2 Å². The zero-order valence-electron chi connectivity index (χ0n) is 10.1. The number of benzene rings is 1. The Balaban J connectivity index is 2.14. The Labute approximate surface area is 96.9 Å². The monoisotopic (exact) mass is 221 g/mol. The molecule has 16 heavy (non-hydrogen) atoms. The summed E-state index contributed by atoms with van der Waals surface area (Å²) < 4.78 is 14.4. The fourth-order valence-corrected chi connectivity index (χ4v) is 2.82. The first-order valence-electron chi connectivity index (χ1n) is 5.99. The highest BCUT2D eigenvalue weighted by atomic mass is 19.1. The van der Waals surface area contributed by atoms with E-state index in [4.69, 9.17) is 5.73 Å². The summed E-state index contributed by atoms with van der Waals surface area (Å²) >= 11 is 0. The average molecular weight is 221 g/mol. The highest BCUT2D eigenvalue weighted by Gasteiger charge is 2.37. The summed E-state index contributed by atoms with van der Waals surface area (Å²) in [6.45, 7) is 4.11. The molecule has 2 unspecified atom stereocenters. The Morgan fingerprint density at radius 3 is 2.44 bits per heavy atom. The SMILES string of the molecule is Cc1cc(C)cc(CC2(F)CCC(N)C2)c1. The van der Waals surface area contributed by atoms with Crippen molar-refractivity contribution in [2.24, 2.45) is 5.73 Å². The minimum absolute atomic E-state index is 0.0518. The quantitative estimate of drug-likeness (QED) is 0.816. The Morgan fingerprint density at radius 1 is 1.31 bits per heavy atom. The molecule has 2 rings (SSSR count). The normalized spacial score (nSPS) is 29.6. The van der Waals surface area contributed by atoms with Gasteiger partial charge in [-0.05, 0) is 38.7 Å². The first-order valence-corrected chi connectivity index (χ1v) is 5.99. The minimum atomic E-state index is -1.07. The van der Waals surface area contributed by atoms with Gasteiger partial charge < -0.3 is 5.73 Å². The van der Waals surface area contributed by atoms with Gasteiger partial charge in [0.1, 0.15) is 5.67 Å². The summed E-state index contributed by atoms with van der Waals surface area (Å²) in [5.41, 5.74) is 8.24. The number of rotatable bonds is 2. The maximum atomic E-state index is 14.4. The van der Waals surface area contributed by atoms with Gasteiger partial charge in [-0.2, -0.15) is 0 Å². The van der Waals surface area contributed by atoms with Gasteiger partial charge >= 0.3 is 0 Å². The fourth-order valence-electron chi connectivity index (χ4n) is 2.82. The van der Waals surface area contributed by atoms with Gasteiger partial charge in [0.2, 0.25) is 0 Å². The summed E-state index contributed by atoms with van der Waals surface area (Å²) in [7, 11) is 0. The molecule has 1 aromatic carbocycles. The highest BCUT2D eigenvalue weighted by Crippen LogP contribution is 2.36. The number of nitrogens with two attached hydrogens (primary N) is 1. The number of hydrogen-bond acceptors (Lipinski definition) is 1. The van der Waals surface area contributed by atoms with E-state index < -0.39 is 5.67 Å². The molecule has 0 aliphatic heterocycles. The van der Waals surface area contributed by atoms with E-state index in [0.29, 0.717) is 19.3 Å². The Kier molecular flexibility index (Phi) is 3.02. The molecular formula is C14H20FN. The molecule has 2 atom stereocenters. The molecule has 1 saturated carbocycles. The van der Waals surface area contributed by atoms with Crippen LogP contribution in [0, 0.1) is 13.8 Å². The van der Waals surface area contributed by atoms with Gasteiger partial charge in [0, 0.05) is 12.5 Å². The zero-order valence-corrected chi connectivity index (χ0v) is 10.1. The van der Waals surface area contributed by atoms with Crippen LogP contribution >= 0.6 is 0 Å². The third-order valence-electron chi connectivity index (χ3n) is 3.39. The largest absolute Gasteiger partial charge is 0.328 e. The summed E-state index contributed by atoms with van der Waals surface area (Å²) in [6, 6.07) is 6.33. The minimum Gasteiger partial charge on any atom is -0.328 e. The van der Waals surface area contributed by atoms with E-state index in [9.17, 15) is 4.39 Å². The number of halogens is 1. The van der Waals surface area contributed by atoms with E-state index >= 15 is 0 Å². The lowest BCUT2D eigenvalue weighted by Gasteiger charge is -2.19. The number of hydrogen-bond donors (Lipinski definition) is 1. The summed E-state index contributed by atoms with van der Waals surface area (Å²) in [4.78, 5) is 0. The van der Waals surface area contributed by atoms with Crippen molar-refractivity contribution in [2.75, 3.05) is 0 Å². The smallest absolute Gasteiger partial charge is 0.116 e. The van der Waals surface area contributed by atoms with Crippen molar-refractivity contribution >= 4 is 0 Å². The maximum absolute atomic E-state index is 14.4. The Hall–Kier alpha value is -0.890. The van der Waals surface area contributed by atoms with Crippen molar-refractivity contribution in [3.05, 3.63) is 34.9 Å². The van der Waals surface area contributed by atoms with Gasteiger partial charge in [-0.25, -0.2) is 4.39 Å². The Morgan fingerprint density at radius 2 is 1.94 bits per heavy atom. The van der Waals surface area contributed by atoms with Crippen LogP contribution in [0.25, 0.3) is 0 Å². The van der Waals surface area contributed by atoms with E-state index in [1.807, 2.05) is 0 Å². The summed E-state index contributed by atoms with van der Waals surface area (Å²) in [5.74, 6) is 0. The predicted molar refractivity (Wildman–Crippen MR) is 65.3 cm³/mol. The molecule has 0 radical (unpaired) electrons. The molecule has 1 aliphatic carbocycles. The van der Waals surface area contributed by atoms with Gasteiger partial charge in [0.15, 0.2) is 0 Å². The lowest BCUT2D eigenvalue weighted by atomic mass is 9.93. The highest BCUT2D eigenvalue weighted by molar-refractivity contribution is 5.29. The second-order valence-corrected chi connectivity index (χ2v) is 5.33. The average Bonchev–Trinajstić information content (AvgIpc) is 2.43. The molecular weight excluding hydrogens is 201 g/mol. The molecule has 1 aliphatic rings. The van der Waals surface area contributed by atoms with Crippen LogP contribution in [0.2, 0.25) is 0 Å². The van der Waals surface area contributed by atoms with E-state index in [-0.39, 0.29) is 6.04 Å². The van der Waals surface area contributed by atoms with Gasteiger partial charge in [0.25, 0.3) is 0 Å². The predicted octanol–water partition coefficient (Wildman–Crippen LogP) is 3.07. The second-order valence-electron chi connectivity index (χ2n) is 5.33.